The van der Waals surface area contributed by atoms with Crippen molar-refractivity contribution < 1.29 is 19.0 Å². The number of H-pyrrole nitrogens is 1. The van der Waals surface area contributed by atoms with Gasteiger partial charge in [0.25, 0.3) is 5.56 Å². The van der Waals surface area contributed by atoms with Crippen LogP contribution in [0.2, 0.25) is 0 Å². The van der Waals surface area contributed by atoms with Crippen molar-refractivity contribution in [3.05, 3.63) is 57.8 Å². The molecule has 0 unspecified atom stereocenters. The van der Waals surface area contributed by atoms with E-state index in [2.05, 4.69) is 9.97 Å². The molecule has 0 aliphatic heterocycles. The van der Waals surface area contributed by atoms with Crippen molar-refractivity contribution in [1.29, 1.82) is 0 Å². The Balaban J connectivity index is 2.21. The van der Waals surface area contributed by atoms with Gasteiger partial charge in [-0.05, 0) is 18.7 Å². The van der Waals surface area contributed by atoms with Crippen molar-refractivity contribution in [2.45, 2.75) is 20.1 Å². The second kappa shape index (κ2) is 10.6. The SMILES string of the molecule is CCOC(=O)c1nc(COCCSC)[nH]c(=O)c1OCc1ccccc1. The number of nitrogens with one attached hydrogen (secondary N) is 1. The Hall–Kier alpha value is -2.32. The molecule has 1 aromatic heterocycles. The van der Waals surface area contributed by atoms with Crippen LogP contribution in [0.3, 0.4) is 0 Å². The number of hydrogen-bond donors (Lipinski definition) is 1. The van der Waals surface area contributed by atoms with Gasteiger partial charge in [0.2, 0.25) is 5.75 Å². The van der Waals surface area contributed by atoms with Gasteiger partial charge in [0, 0.05) is 5.75 Å². The molecule has 0 amide bonds. The molecule has 0 radical (unpaired) electrons. The summed E-state index contributed by atoms with van der Waals surface area (Å²) in [7, 11) is 0. The van der Waals surface area contributed by atoms with Crippen LogP contribution < -0.4 is 10.3 Å². The van der Waals surface area contributed by atoms with E-state index < -0.39 is 11.5 Å². The molecule has 1 N–H and O–H groups in total. The molecule has 0 aliphatic rings. The monoisotopic (exact) mass is 378 g/mol. The highest BCUT2D eigenvalue weighted by Gasteiger charge is 2.21. The van der Waals surface area contributed by atoms with Gasteiger partial charge in [0.15, 0.2) is 5.69 Å². The van der Waals surface area contributed by atoms with Crippen LogP contribution in [0.1, 0.15) is 28.8 Å². The van der Waals surface area contributed by atoms with Gasteiger partial charge in [0.1, 0.15) is 19.0 Å². The first-order chi connectivity index (χ1) is 12.7. The first kappa shape index (κ1) is 20.0. The number of thioether (sulfide) groups is 1. The molecule has 0 bridgehead atoms. The lowest BCUT2D eigenvalue weighted by Crippen LogP contribution is -2.22. The van der Waals surface area contributed by atoms with Crippen molar-refractivity contribution >= 4 is 17.7 Å². The fraction of sp³-hybridized carbons (Fsp3) is 0.389. The maximum atomic E-state index is 12.4. The van der Waals surface area contributed by atoms with Crippen LogP contribution in [0.4, 0.5) is 0 Å². The van der Waals surface area contributed by atoms with E-state index in [-0.39, 0.29) is 37.1 Å². The summed E-state index contributed by atoms with van der Waals surface area (Å²) in [6.45, 7) is 2.61. The van der Waals surface area contributed by atoms with Gasteiger partial charge in [-0.25, -0.2) is 9.78 Å². The number of rotatable bonds is 10. The Bertz CT molecular complexity index is 764. The maximum absolute atomic E-state index is 12.4. The van der Waals surface area contributed by atoms with E-state index in [1.54, 1.807) is 18.7 Å². The van der Waals surface area contributed by atoms with E-state index >= 15 is 0 Å². The number of carbonyl (C=O) groups excluding carboxylic acids is 1. The number of benzene rings is 1. The van der Waals surface area contributed by atoms with Crippen LogP contribution in [0.25, 0.3) is 0 Å². The summed E-state index contributed by atoms with van der Waals surface area (Å²) in [5.74, 6) is 0.228. The van der Waals surface area contributed by atoms with Crippen LogP contribution in [-0.2, 0) is 22.7 Å². The average Bonchev–Trinajstić information content (AvgIpc) is 2.65. The molecule has 7 nitrogen and oxygen atoms in total. The zero-order valence-corrected chi connectivity index (χ0v) is 15.6. The van der Waals surface area contributed by atoms with Crippen molar-refractivity contribution in [2.24, 2.45) is 0 Å². The molecule has 2 aromatic rings. The minimum absolute atomic E-state index is 0.0984. The van der Waals surface area contributed by atoms with E-state index in [0.29, 0.717) is 6.61 Å². The Morgan fingerprint density at radius 3 is 2.69 bits per heavy atom. The molecular formula is C18H22N2O5S. The highest BCUT2D eigenvalue weighted by Crippen LogP contribution is 2.14. The van der Waals surface area contributed by atoms with Gasteiger partial charge < -0.3 is 19.2 Å². The van der Waals surface area contributed by atoms with Gasteiger partial charge >= 0.3 is 5.97 Å². The average molecular weight is 378 g/mol. The topological polar surface area (TPSA) is 90.5 Å². The van der Waals surface area contributed by atoms with Crippen LogP contribution in [0, 0.1) is 0 Å². The highest BCUT2D eigenvalue weighted by molar-refractivity contribution is 7.98. The maximum Gasteiger partial charge on any atom is 0.361 e. The fourth-order valence-corrected chi connectivity index (χ4v) is 2.37. The van der Waals surface area contributed by atoms with Crippen LogP contribution in [-0.4, -0.2) is 41.2 Å². The molecule has 0 aliphatic carbocycles. The molecule has 0 saturated carbocycles. The van der Waals surface area contributed by atoms with E-state index in [0.717, 1.165) is 11.3 Å². The predicted octanol–water partition coefficient (Wildman–Crippen LogP) is 2.41. The second-order valence-electron chi connectivity index (χ2n) is 5.23. The first-order valence-corrected chi connectivity index (χ1v) is 9.58. The van der Waals surface area contributed by atoms with Gasteiger partial charge in [-0.1, -0.05) is 30.3 Å². The normalized spacial score (nSPS) is 10.5. The van der Waals surface area contributed by atoms with E-state index in [1.165, 1.54) is 0 Å². The molecule has 1 heterocycles. The first-order valence-electron chi connectivity index (χ1n) is 8.19. The van der Waals surface area contributed by atoms with E-state index in [4.69, 9.17) is 14.2 Å². The van der Waals surface area contributed by atoms with Gasteiger partial charge in [0.05, 0.1) is 13.2 Å². The smallest absolute Gasteiger partial charge is 0.361 e. The molecule has 0 atom stereocenters. The van der Waals surface area contributed by atoms with Gasteiger partial charge in [-0.3, -0.25) is 4.79 Å². The minimum Gasteiger partial charge on any atom is -0.481 e. The standard InChI is InChI=1S/C18H22N2O5S/c1-3-24-18(22)15-16(25-11-13-7-5-4-6-8-13)17(21)20-14(19-15)12-23-9-10-26-2/h4-8H,3,9-12H2,1-2H3,(H,19,20,21). The Labute approximate surface area is 156 Å². The number of hydrogen-bond acceptors (Lipinski definition) is 7. The molecule has 0 spiro atoms. The number of nitrogens with zero attached hydrogens (tertiary/aromatic N) is 1. The number of aromatic amines is 1. The summed E-state index contributed by atoms with van der Waals surface area (Å²) in [6.07, 6.45) is 1.97. The van der Waals surface area contributed by atoms with Crippen LogP contribution in [0.15, 0.2) is 35.1 Å². The van der Waals surface area contributed by atoms with Crippen LogP contribution in [0.5, 0.6) is 5.75 Å². The summed E-state index contributed by atoms with van der Waals surface area (Å²) >= 11 is 1.65. The number of esters is 1. The number of aromatic nitrogens is 2. The quantitative estimate of drug-likeness (QED) is 0.501. The predicted molar refractivity (Wildman–Crippen MR) is 99.6 cm³/mol. The molecule has 1 aromatic carbocycles. The lowest BCUT2D eigenvalue weighted by molar-refractivity contribution is 0.0511. The summed E-state index contributed by atoms with van der Waals surface area (Å²) < 4.78 is 16.0. The molecule has 8 heteroatoms. The van der Waals surface area contributed by atoms with Crippen molar-refractivity contribution in [3.8, 4) is 5.75 Å². The Morgan fingerprint density at radius 2 is 2.00 bits per heavy atom. The molecule has 0 fully saturated rings. The summed E-state index contributed by atoms with van der Waals surface area (Å²) in [4.78, 5) is 31.4. The Morgan fingerprint density at radius 1 is 1.23 bits per heavy atom. The second-order valence-corrected chi connectivity index (χ2v) is 6.22. The van der Waals surface area contributed by atoms with Crippen molar-refractivity contribution in [2.75, 3.05) is 25.2 Å². The van der Waals surface area contributed by atoms with Crippen LogP contribution >= 0.6 is 11.8 Å². The molecule has 0 saturated heterocycles. The lowest BCUT2D eigenvalue weighted by atomic mass is 10.2. The van der Waals surface area contributed by atoms with Gasteiger partial charge in [-0.15, -0.1) is 0 Å². The van der Waals surface area contributed by atoms with E-state index in [1.807, 2.05) is 36.6 Å². The molecule has 140 valence electrons. The molecule has 2 rings (SSSR count). The number of ether oxygens (including phenoxy) is 3. The molecular weight excluding hydrogens is 356 g/mol. The summed E-state index contributed by atoms with van der Waals surface area (Å²) in [6, 6.07) is 9.33. The summed E-state index contributed by atoms with van der Waals surface area (Å²) in [5, 5.41) is 0. The van der Waals surface area contributed by atoms with E-state index in [9.17, 15) is 9.59 Å². The third-order valence-corrected chi connectivity index (χ3v) is 3.87. The summed E-state index contributed by atoms with van der Waals surface area (Å²) in [5.41, 5.74) is 0.184. The van der Waals surface area contributed by atoms with Gasteiger partial charge in [-0.2, -0.15) is 11.8 Å². The third-order valence-electron chi connectivity index (χ3n) is 3.29. The third kappa shape index (κ3) is 5.89. The zero-order chi connectivity index (χ0) is 18.8. The molecule has 26 heavy (non-hydrogen) atoms. The zero-order valence-electron chi connectivity index (χ0n) is 14.8. The van der Waals surface area contributed by atoms with Crippen molar-refractivity contribution in [3.63, 3.8) is 0 Å². The van der Waals surface area contributed by atoms with Crippen molar-refractivity contribution in [1.82, 2.24) is 9.97 Å². The Kier molecular flexibility index (Phi) is 8.17. The highest BCUT2D eigenvalue weighted by atomic mass is 32.2. The lowest BCUT2D eigenvalue weighted by Gasteiger charge is -2.11. The minimum atomic E-state index is -0.702. The largest absolute Gasteiger partial charge is 0.481 e. The number of carbonyl (C=O) groups is 1. The fourth-order valence-electron chi connectivity index (χ4n) is 2.09.